The van der Waals surface area contributed by atoms with Crippen molar-refractivity contribution in [3.05, 3.63) is 41.3 Å². The van der Waals surface area contributed by atoms with Gasteiger partial charge in [-0.2, -0.15) is 0 Å². The molecule has 1 aromatic heterocycles. The minimum Gasteiger partial charge on any atom is -0.472 e. The molecule has 3 rings (SSSR count). The maximum atomic E-state index is 13.6. The van der Waals surface area contributed by atoms with Crippen LogP contribution in [0.4, 0.5) is 10.1 Å². The Labute approximate surface area is 126 Å². The van der Waals surface area contributed by atoms with Crippen molar-refractivity contribution in [1.82, 2.24) is 4.98 Å². The average Bonchev–Trinajstić information content (AvgIpc) is 2.97. The summed E-state index contributed by atoms with van der Waals surface area (Å²) < 4.78 is 24.5. The third-order valence-electron chi connectivity index (χ3n) is 3.31. The van der Waals surface area contributed by atoms with Gasteiger partial charge in [-0.25, -0.2) is 9.37 Å². The highest BCUT2D eigenvalue weighted by molar-refractivity contribution is 6.33. The van der Waals surface area contributed by atoms with Gasteiger partial charge in [-0.1, -0.05) is 11.6 Å². The van der Waals surface area contributed by atoms with Gasteiger partial charge < -0.3 is 15.2 Å². The Balaban J connectivity index is 1.82. The fraction of sp³-hybridized carbons (Fsp3) is 0.267. The van der Waals surface area contributed by atoms with Crippen molar-refractivity contribution in [2.75, 3.05) is 18.9 Å². The summed E-state index contributed by atoms with van der Waals surface area (Å²) in [6, 6.07) is 6.22. The number of aromatic nitrogens is 1. The first-order valence-electron chi connectivity index (χ1n) is 6.59. The number of nitrogens with zero attached hydrogens (tertiary/aromatic N) is 1. The Kier molecular flexibility index (Phi) is 3.94. The SMILES string of the molecule is Nc1cc(Cl)c(-c2ccc(OC3CCOC3)nc2)cc1F. The van der Waals surface area contributed by atoms with Crippen molar-refractivity contribution in [3.8, 4) is 17.0 Å². The average molecular weight is 309 g/mol. The van der Waals surface area contributed by atoms with Gasteiger partial charge in [-0.15, -0.1) is 0 Å². The Bertz CT molecular complexity index is 643. The lowest BCUT2D eigenvalue weighted by atomic mass is 10.1. The molecule has 4 nitrogen and oxygen atoms in total. The molecule has 6 heteroatoms. The first-order chi connectivity index (χ1) is 10.1. The van der Waals surface area contributed by atoms with Crippen LogP contribution in [0.15, 0.2) is 30.5 Å². The molecular formula is C15H14ClFN2O2. The van der Waals surface area contributed by atoms with Gasteiger partial charge in [-0.05, 0) is 18.2 Å². The molecule has 0 spiro atoms. The van der Waals surface area contributed by atoms with Crippen molar-refractivity contribution < 1.29 is 13.9 Å². The van der Waals surface area contributed by atoms with Crippen LogP contribution in [0.25, 0.3) is 11.1 Å². The summed E-state index contributed by atoms with van der Waals surface area (Å²) in [5.74, 6) is 0.0131. The van der Waals surface area contributed by atoms with Crippen LogP contribution < -0.4 is 10.5 Å². The van der Waals surface area contributed by atoms with Crippen molar-refractivity contribution >= 4 is 17.3 Å². The number of pyridine rings is 1. The minimum absolute atomic E-state index is 0.0258. The zero-order chi connectivity index (χ0) is 14.8. The molecular weight excluding hydrogens is 295 g/mol. The molecule has 2 aromatic rings. The zero-order valence-electron chi connectivity index (χ0n) is 11.2. The topological polar surface area (TPSA) is 57.4 Å². The molecule has 0 aliphatic carbocycles. The van der Waals surface area contributed by atoms with E-state index in [0.717, 1.165) is 6.42 Å². The summed E-state index contributed by atoms with van der Waals surface area (Å²) in [5, 5.41) is 0.383. The predicted molar refractivity (Wildman–Crippen MR) is 78.9 cm³/mol. The van der Waals surface area contributed by atoms with Crippen LogP contribution >= 0.6 is 11.6 Å². The van der Waals surface area contributed by atoms with E-state index in [1.807, 2.05) is 0 Å². The maximum absolute atomic E-state index is 13.6. The highest BCUT2D eigenvalue weighted by Gasteiger charge is 2.17. The molecule has 1 aromatic carbocycles. The number of ether oxygens (including phenoxy) is 2. The second-order valence-corrected chi connectivity index (χ2v) is 5.25. The fourth-order valence-corrected chi connectivity index (χ4v) is 2.45. The van der Waals surface area contributed by atoms with Crippen molar-refractivity contribution in [1.29, 1.82) is 0 Å². The predicted octanol–water partition coefficient (Wildman–Crippen LogP) is 3.29. The van der Waals surface area contributed by atoms with Crippen molar-refractivity contribution in [2.45, 2.75) is 12.5 Å². The van der Waals surface area contributed by atoms with Gasteiger partial charge in [0, 0.05) is 29.8 Å². The molecule has 1 saturated heterocycles. The highest BCUT2D eigenvalue weighted by atomic mass is 35.5. The summed E-state index contributed by atoms with van der Waals surface area (Å²) in [5.41, 5.74) is 6.75. The van der Waals surface area contributed by atoms with Gasteiger partial charge in [0.15, 0.2) is 0 Å². The van der Waals surface area contributed by atoms with Gasteiger partial charge >= 0.3 is 0 Å². The van der Waals surface area contributed by atoms with Crippen LogP contribution in [0.2, 0.25) is 5.02 Å². The fourth-order valence-electron chi connectivity index (χ4n) is 2.17. The Morgan fingerprint density at radius 2 is 2.24 bits per heavy atom. The number of halogens is 2. The van der Waals surface area contributed by atoms with Crippen LogP contribution in [0, 0.1) is 5.82 Å². The minimum atomic E-state index is -0.502. The maximum Gasteiger partial charge on any atom is 0.213 e. The summed E-state index contributed by atoms with van der Waals surface area (Å²) in [6.45, 7) is 1.29. The molecule has 1 atom stereocenters. The molecule has 21 heavy (non-hydrogen) atoms. The van der Waals surface area contributed by atoms with E-state index < -0.39 is 5.82 Å². The number of anilines is 1. The second kappa shape index (κ2) is 5.87. The van der Waals surface area contributed by atoms with E-state index in [0.29, 0.717) is 35.2 Å². The van der Waals surface area contributed by atoms with Crippen molar-refractivity contribution in [2.24, 2.45) is 0 Å². The van der Waals surface area contributed by atoms with Crippen LogP contribution in [0.1, 0.15) is 6.42 Å². The summed E-state index contributed by atoms with van der Waals surface area (Å²) in [6.07, 6.45) is 2.50. The molecule has 1 aliphatic heterocycles. The van der Waals surface area contributed by atoms with E-state index in [9.17, 15) is 4.39 Å². The summed E-state index contributed by atoms with van der Waals surface area (Å²) in [4.78, 5) is 4.22. The lowest BCUT2D eigenvalue weighted by molar-refractivity contribution is 0.138. The molecule has 2 N–H and O–H groups in total. The van der Waals surface area contributed by atoms with E-state index in [2.05, 4.69) is 4.98 Å². The molecule has 110 valence electrons. The molecule has 0 saturated carbocycles. The number of hydrogen-bond acceptors (Lipinski definition) is 4. The normalized spacial score (nSPS) is 17.9. The third-order valence-corrected chi connectivity index (χ3v) is 3.62. The zero-order valence-corrected chi connectivity index (χ0v) is 11.9. The van der Waals surface area contributed by atoms with Crippen molar-refractivity contribution in [3.63, 3.8) is 0 Å². The Morgan fingerprint density at radius 3 is 2.90 bits per heavy atom. The molecule has 2 heterocycles. The monoisotopic (exact) mass is 308 g/mol. The first kappa shape index (κ1) is 14.1. The van der Waals surface area contributed by atoms with E-state index in [1.165, 1.54) is 12.1 Å². The van der Waals surface area contributed by atoms with Gasteiger partial charge in [-0.3, -0.25) is 0 Å². The smallest absolute Gasteiger partial charge is 0.213 e. The summed E-state index contributed by atoms with van der Waals surface area (Å²) >= 11 is 6.09. The second-order valence-electron chi connectivity index (χ2n) is 4.84. The quantitative estimate of drug-likeness (QED) is 0.884. The lowest BCUT2D eigenvalue weighted by Crippen LogP contribution is -2.16. The van der Waals surface area contributed by atoms with Gasteiger partial charge in [0.2, 0.25) is 5.88 Å². The van der Waals surface area contributed by atoms with Gasteiger partial charge in [0.05, 0.1) is 23.9 Å². The molecule has 1 fully saturated rings. The number of hydrogen-bond donors (Lipinski definition) is 1. The summed E-state index contributed by atoms with van der Waals surface area (Å²) in [7, 11) is 0. The molecule has 0 radical (unpaired) electrons. The van der Waals surface area contributed by atoms with E-state index in [1.54, 1.807) is 18.3 Å². The standard InChI is InChI=1S/C15H14ClFN2O2/c16-12-6-14(18)13(17)5-11(12)9-1-2-15(19-7-9)21-10-3-4-20-8-10/h1-2,5-7,10H,3-4,8,18H2. The van der Waals surface area contributed by atoms with Gasteiger partial charge in [0.25, 0.3) is 0 Å². The number of benzene rings is 1. The van der Waals surface area contributed by atoms with Crippen LogP contribution in [-0.2, 0) is 4.74 Å². The molecule has 0 bridgehead atoms. The number of rotatable bonds is 3. The van der Waals surface area contributed by atoms with E-state index >= 15 is 0 Å². The van der Waals surface area contributed by atoms with E-state index in [4.69, 9.17) is 26.8 Å². The Morgan fingerprint density at radius 1 is 1.38 bits per heavy atom. The Hall–Kier alpha value is -1.85. The number of nitrogens with two attached hydrogens (primary N) is 1. The molecule has 0 amide bonds. The first-order valence-corrected chi connectivity index (χ1v) is 6.96. The van der Waals surface area contributed by atoms with Gasteiger partial charge in [0.1, 0.15) is 11.9 Å². The van der Waals surface area contributed by atoms with Crippen LogP contribution in [0.3, 0.4) is 0 Å². The lowest BCUT2D eigenvalue weighted by Gasteiger charge is -2.11. The molecule has 1 aliphatic rings. The van der Waals surface area contributed by atoms with Crippen LogP contribution in [-0.4, -0.2) is 24.3 Å². The number of nitrogen functional groups attached to an aromatic ring is 1. The molecule has 1 unspecified atom stereocenters. The third kappa shape index (κ3) is 3.09. The highest BCUT2D eigenvalue weighted by Crippen LogP contribution is 2.31. The van der Waals surface area contributed by atoms with E-state index in [-0.39, 0.29) is 11.8 Å². The van der Waals surface area contributed by atoms with Crippen LogP contribution in [0.5, 0.6) is 5.88 Å². The largest absolute Gasteiger partial charge is 0.472 e.